The van der Waals surface area contributed by atoms with Crippen molar-refractivity contribution in [3.63, 3.8) is 0 Å². The number of nitrogens with one attached hydrogen (secondary N) is 4. The van der Waals surface area contributed by atoms with Gasteiger partial charge in [-0.15, -0.1) is 0 Å². The first-order valence-electron chi connectivity index (χ1n) is 18.4. The average Bonchev–Trinajstić information content (AvgIpc) is 3.07. The number of rotatable bonds is 24. The number of carbonyl (C=O) groups excluding carboxylic acids is 5. The lowest BCUT2D eigenvalue weighted by atomic mass is 9.76. The normalized spacial score (nSPS) is 14.2. The van der Waals surface area contributed by atoms with Crippen LogP contribution < -0.4 is 26.4 Å². The van der Waals surface area contributed by atoms with Crippen LogP contribution in [0.3, 0.4) is 0 Å². The first-order valence-corrected chi connectivity index (χ1v) is 22.5. The number of nitrogens with two attached hydrogens (primary N) is 1. The number of nitrogens with zero attached hydrogens (tertiary/aromatic N) is 1. The zero-order valence-electron chi connectivity index (χ0n) is 33.7. The molecule has 6 N–H and O–H groups in total. The quantitative estimate of drug-likeness (QED) is 0.0581. The molecule has 0 radical (unpaired) electrons. The summed E-state index contributed by atoms with van der Waals surface area (Å²) < 4.78 is 27.6. The molecule has 16 heteroatoms. The van der Waals surface area contributed by atoms with E-state index in [9.17, 15) is 32.4 Å². The lowest BCUT2D eigenvalue weighted by molar-refractivity contribution is -0.141. The molecular formula is C38H64N6O7S3. The van der Waals surface area contributed by atoms with Crippen molar-refractivity contribution in [3.8, 4) is 0 Å². The largest absolute Gasteiger partial charge is 0.370 e. The minimum Gasteiger partial charge on any atom is -0.370 e. The Morgan fingerprint density at radius 1 is 0.907 bits per heavy atom. The maximum atomic E-state index is 14.1. The number of sulfonamides is 1. The first kappa shape index (κ1) is 48.9. The van der Waals surface area contributed by atoms with E-state index < -0.39 is 44.9 Å². The van der Waals surface area contributed by atoms with Gasteiger partial charge < -0.3 is 26.6 Å². The van der Waals surface area contributed by atoms with E-state index in [2.05, 4.69) is 20.7 Å². The van der Waals surface area contributed by atoms with Gasteiger partial charge in [0.1, 0.15) is 6.04 Å². The van der Waals surface area contributed by atoms with Gasteiger partial charge in [0.15, 0.2) is 0 Å². The highest BCUT2D eigenvalue weighted by Crippen LogP contribution is 2.29. The summed E-state index contributed by atoms with van der Waals surface area (Å²) in [5.41, 5.74) is 4.94. The highest BCUT2D eigenvalue weighted by Gasteiger charge is 2.41. The molecular weight excluding hydrogens is 749 g/mol. The summed E-state index contributed by atoms with van der Waals surface area (Å²) in [6.07, 6.45) is 4.46. The molecule has 0 spiro atoms. The van der Waals surface area contributed by atoms with Gasteiger partial charge in [-0.1, -0.05) is 113 Å². The van der Waals surface area contributed by atoms with Crippen molar-refractivity contribution in [1.29, 1.82) is 0 Å². The smallest absolute Gasteiger partial charge is 0.260 e. The van der Waals surface area contributed by atoms with Crippen molar-refractivity contribution in [3.05, 3.63) is 47.5 Å². The second-order valence-corrected chi connectivity index (χ2v) is 20.0. The Morgan fingerprint density at radius 2 is 1.52 bits per heavy atom. The van der Waals surface area contributed by atoms with Gasteiger partial charge in [-0.3, -0.25) is 24.0 Å². The fraction of sp³-hybridized carbons (Fsp3) is 0.658. The van der Waals surface area contributed by atoms with Crippen LogP contribution in [0.25, 0.3) is 0 Å². The van der Waals surface area contributed by atoms with Crippen LogP contribution in [-0.2, 0) is 39.4 Å². The number of hydrogen-bond donors (Lipinski definition) is 5. The van der Waals surface area contributed by atoms with Crippen LogP contribution in [-0.4, -0.2) is 98.9 Å². The van der Waals surface area contributed by atoms with Crippen molar-refractivity contribution in [2.75, 3.05) is 37.9 Å². The number of benzene rings is 1. The minimum absolute atomic E-state index is 0.101. The van der Waals surface area contributed by atoms with Crippen molar-refractivity contribution < 1.29 is 32.4 Å². The summed E-state index contributed by atoms with van der Waals surface area (Å²) >= 11 is 0. The molecule has 306 valence electrons. The lowest BCUT2D eigenvalue weighted by Crippen LogP contribution is -2.61. The molecule has 3 atom stereocenters. The van der Waals surface area contributed by atoms with E-state index in [-0.39, 0.29) is 53.0 Å². The molecule has 0 bridgehead atoms. The Balaban J connectivity index is 2.82. The van der Waals surface area contributed by atoms with E-state index in [4.69, 9.17) is 5.73 Å². The van der Waals surface area contributed by atoms with E-state index in [1.165, 1.54) is 33.4 Å². The fourth-order valence-electron chi connectivity index (χ4n) is 5.75. The zero-order chi connectivity index (χ0) is 41.3. The number of unbranched alkanes of at least 4 members (excludes halogenated alkanes) is 2. The van der Waals surface area contributed by atoms with E-state index in [0.29, 0.717) is 25.1 Å². The molecule has 0 aliphatic rings. The highest BCUT2D eigenvalue weighted by molar-refractivity contribution is 8.76. The number of carbonyl (C=O) groups is 5. The summed E-state index contributed by atoms with van der Waals surface area (Å²) in [7, 11) is 2.05. The first-order chi connectivity index (χ1) is 25.0. The molecule has 13 nitrogen and oxygen atoms in total. The molecule has 54 heavy (non-hydrogen) atoms. The standard InChI is InChI=1S/C38H64N6O7S3/c1-26(2)29(44(10)36(49)33(37(4,5)6)42-35(48)32(40-9)38(7,8)28-17-13-11-14-18-28)25-27(3)34(47)43-54(50,51)24-23-53-52-22-20-31(46)41-21-16-12-15-19-30(39)45/h11,13-14,17-18,25-26,29,32-33,40H,12,15-16,19-24H2,1-10H3,(H2,39,45)(H,41,46)(H,42,48)(H,43,47)/b27-25+/t29-,32-,33?/m1/s1. The molecule has 0 saturated heterocycles. The van der Waals surface area contributed by atoms with E-state index in [1.807, 2.05) is 78.8 Å². The molecule has 1 rings (SSSR count). The Morgan fingerprint density at radius 3 is 2.07 bits per heavy atom. The van der Waals surface area contributed by atoms with Crippen molar-refractivity contribution in [2.45, 2.75) is 111 Å². The second kappa shape index (κ2) is 23.1. The topological polar surface area (TPSA) is 197 Å². The fourth-order valence-corrected chi connectivity index (χ4v) is 9.52. The van der Waals surface area contributed by atoms with Gasteiger partial charge in [0, 0.05) is 48.9 Å². The van der Waals surface area contributed by atoms with Crippen molar-refractivity contribution in [1.82, 2.24) is 25.6 Å². The molecule has 0 saturated carbocycles. The number of hydrogen-bond acceptors (Lipinski definition) is 10. The van der Waals surface area contributed by atoms with E-state index in [0.717, 1.165) is 18.4 Å². The SMILES string of the molecule is CN[C@H](C(=O)NC(C(=O)N(C)[C@H](/C=C(\C)C(=O)NS(=O)(=O)CCSSCCC(=O)NCCCCCC(N)=O)C(C)C)C(C)(C)C)C(C)(C)c1ccccc1. The van der Waals surface area contributed by atoms with E-state index in [1.54, 1.807) is 20.2 Å². The van der Waals surface area contributed by atoms with Gasteiger partial charge in [0.05, 0.1) is 17.8 Å². The minimum atomic E-state index is -3.95. The van der Waals surface area contributed by atoms with Crippen LogP contribution >= 0.6 is 21.6 Å². The van der Waals surface area contributed by atoms with Gasteiger partial charge >= 0.3 is 0 Å². The van der Waals surface area contributed by atoms with Crippen LogP contribution in [0.5, 0.6) is 0 Å². The summed E-state index contributed by atoms with van der Waals surface area (Å²) in [6.45, 7) is 15.4. The lowest BCUT2D eigenvalue weighted by Gasteiger charge is -2.40. The maximum Gasteiger partial charge on any atom is 0.260 e. The molecule has 0 fully saturated rings. The molecule has 1 aromatic carbocycles. The van der Waals surface area contributed by atoms with Gasteiger partial charge in [-0.2, -0.15) is 0 Å². The summed E-state index contributed by atoms with van der Waals surface area (Å²) in [6, 6.07) is 7.55. The summed E-state index contributed by atoms with van der Waals surface area (Å²) in [4.78, 5) is 65.3. The molecule has 1 unspecified atom stereocenters. The Hall–Kier alpha value is -3.08. The van der Waals surface area contributed by atoms with Crippen LogP contribution in [0.15, 0.2) is 42.0 Å². The predicted octanol–water partition coefficient (Wildman–Crippen LogP) is 3.89. The highest BCUT2D eigenvalue weighted by atomic mass is 33.1. The van der Waals surface area contributed by atoms with E-state index >= 15 is 0 Å². The van der Waals surface area contributed by atoms with Crippen LogP contribution in [0.4, 0.5) is 0 Å². The van der Waals surface area contributed by atoms with Gasteiger partial charge in [-0.05, 0) is 43.7 Å². The third-order valence-electron chi connectivity index (χ3n) is 9.05. The molecule has 0 aliphatic carbocycles. The summed E-state index contributed by atoms with van der Waals surface area (Å²) in [5.74, 6) is -1.63. The number of amides is 5. The average molecular weight is 813 g/mol. The summed E-state index contributed by atoms with van der Waals surface area (Å²) in [5, 5.41) is 8.97. The number of primary amides is 1. The second-order valence-electron chi connectivity index (χ2n) is 15.4. The van der Waals surface area contributed by atoms with Gasteiger partial charge in [-0.25, -0.2) is 13.1 Å². The Bertz CT molecular complexity index is 1530. The third kappa shape index (κ3) is 17.2. The monoisotopic (exact) mass is 812 g/mol. The molecule has 1 aromatic rings. The van der Waals surface area contributed by atoms with Crippen LogP contribution in [0, 0.1) is 11.3 Å². The van der Waals surface area contributed by atoms with Crippen molar-refractivity contribution >= 4 is 61.1 Å². The number of likely N-dealkylation sites (N-methyl/N-ethyl adjacent to an activating group) is 2. The zero-order valence-corrected chi connectivity index (χ0v) is 36.2. The molecule has 0 aromatic heterocycles. The molecule has 0 aliphatic heterocycles. The maximum absolute atomic E-state index is 14.1. The van der Waals surface area contributed by atoms with Gasteiger partial charge in [0.25, 0.3) is 5.91 Å². The van der Waals surface area contributed by atoms with Crippen molar-refractivity contribution in [2.24, 2.45) is 17.1 Å². The molecule has 5 amide bonds. The van der Waals surface area contributed by atoms with Crippen LogP contribution in [0.1, 0.15) is 93.1 Å². The third-order valence-corrected chi connectivity index (χ3v) is 13.0. The van der Waals surface area contributed by atoms with Gasteiger partial charge in [0.2, 0.25) is 33.7 Å². The Kier molecular flexibility index (Phi) is 20.9. The predicted molar refractivity (Wildman–Crippen MR) is 221 cm³/mol. The van der Waals surface area contributed by atoms with Crippen LogP contribution in [0.2, 0.25) is 0 Å². The molecule has 0 heterocycles. The Labute approximate surface area is 331 Å².